The van der Waals surface area contributed by atoms with Crippen molar-refractivity contribution in [2.75, 3.05) is 6.54 Å². The molecule has 2 rings (SSSR count). The molecule has 19 heavy (non-hydrogen) atoms. The van der Waals surface area contributed by atoms with Crippen LogP contribution in [-0.4, -0.2) is 29.2 Å². The van der Waals surface area contributed by atoms with E-state index in [0.29, 0.717) is 13.0 Å². The van der Waals surface area contributed by atoms with E-state index in [9.17, 15) is 9.59 Å². The van der Waals surface area contributed by atoms with Crippen LogP contribution in [0.25, 0.3) is 0 Å². The predicted molar refractivity (Wildman–Crippen MR) is 72.3 cm³/mol. The van der Waals surface area contributed by atoms with Gasteiger partial charge in [0.15, 0.2) is 11.0 Å². The quantitative estimate of drug-likeness (QED) is 0.855. The smallest absolute Gasteiger partial charge is 0.289 e. The van der Waals surface area contributed by atoms with Gasteiger partial charge in [-0.3, -0.25) is 9.59 Å². The number of furan rings is 1. The third-order valence-electron chi connectivity index (χ3n) is 3.45. The normalized spacial score (nSPS) is 20.1. The molecule has 1 fully saturated rings. The monoisotopic (exact) mass is 283 g/mol. The number of carbonyl (C=O) groups is 2. The van der Waals surface area contributed by atoms with Crippen LogP contribution >= 0.6 is 11.6 Å². The second-order valence-corrected chi connectivity index (χ2v) is 5.38. The summed E-state index contributed by atoms with van der Waals surface area (Å²) in [6.07, 6.45) is 4.41. The lowest BCUT2D eigenvalue weighted by Crippen LogP contribution is -2.40. The summed E-state index contributed by atoms with van der Waals surface area (Å²) in [6.45, 7) is 2.24. The number of ketones is 1. The zero-order valence-electron chi connectivity index (χ0n) is 11.0. The van der Waals surface area contributed by atoms with Crippen LogP contribution in [0.3, 0.4) is 0 Å². The maximum absolute atomic E-state index is 12.4. The van der Waals surface area contributed by atoms with E-state index in [1.165, 1.54) is 0 Å². The molecule has 0 aliphatic carbocycles. The third kappa shape index (κ3) is 3.60. The summed E-state index contributed by atoms with van der Waals surface area (Å²) in [7, 11) is 0. The molecule has 0 aromatic carbocycles. The average Bonchev–Trinajstić information content (AvgIpc) is 2.65. The Balaban J connectivity index is 2.17. The van der Waals surface area contributed by atoms with Gasteiger partial charge in [0, 0.05) is 19.0 Å². The van der Waals surface area contributed by atoms with Crippen molar-refractivity contribution in [2.45, 2.75) is 45.1 Å². The molecule has 1 atom stereocenters. The lowest BCUT2D eigenvalue weighted by molar-refractivity contribution is -0.118. The number of hydrogen-bond donors (Lipinski definition) is 0. The van der Waals surface area contributed by atoms with E-state index in [1.807, 2.05) is 0 Å². The fourth-order valence-corrected chi connectivity index (χ4v) is 2.71. The fourth-order valence-electron chi connectivity index (χ4n) is 2.56. The topological polar surface area (TPSA) is 50.5 Å². The molecular weight excluding hydrogens is 266 g/mol. The van der Waals surface area contributed by atoms with Crippen LogP contribution in [0, 0.1) is 0 Å². The van der Waals surface area contributed by atoms with E-state index in [2.05, 4.69) is 0 Å². The minimum Gasteiger partial charge on any atom is -0.440 e. The Kier molecular flexibility index (Phi) is 4.64. The zero-order chi connectivity index (χ0) is 13.8. The second-order valence-electron chi connectivity index (χ2n) is 5.01. The molecule has 5 heteroatoms. The molecule has 0 spiro atoms. The van der Waals surface area contributed by atoms with Gasteiger partial charge in [0.1, 0.15) is 5.78 Å². The van der Waals surface area contributed by atoms with Gasteiger partial charge in [0.2, 0.25) is 0 Å². The van der Waals surface area contributed by atoms with Gasteiger partial charge in [0.25, 0.3) is 5.91 Å². The lowest BCUT2D eigenvalue weighted by atomic mass is 10.0. The Morgan fingerprint density at radius 1 is 1.37 bits per heavy atom. The summed E-state index contributed by atoms with van der Waals surface area (Å²) in [4.78, 5) is 25.5. The summed E-state index contributed by atoms with van der Waals surface area (Å²) in [5, 5.41) is 0.210. The number of carbonyl (C=O) groups excluding carboxylic acids is 2. The Labute approximate surface area is 117 Å². The molecule has 2 heterocycles. The van der Waals surface area contributed by atoms with Crippen LogP contribution in [0.4, 0.5) is 0 Å². The van der Waals surface area contributed by atoms with Crippen molar-refractivity contribution < 1.29 is 14.0 Å². The summed E-state index contributed by atoms with van der Waals surface area (Å²) in [5.41, 5.74) is 0. The van der Waals surface area contributed by atoms with Gasteiger partial charge in [-0.15, -0.1) is 0 Å². The maximum Gasteiger partial charge on any atom is 0.289 e. The van der Waals surface area contributed by atoms with Crippen molar-refractivity contribution in [1.29, 1.82) is 0 Å². The van der Waals surface area contributed by atoms with E-state index in [4.69, 9.17) is 16.0 Å². The van der Waals surface area contributed by atoms with Crippen molar-refractivity contribution >= 4 is 23.3 Å². The van der Waals surface area contributed by atoms with Crippen LogP contribution in [0.2, 0.25) is 5.22 Å². The van der Waals surface area contributed by atoms with Crippen LogP contribution in [-0.2, 0) is 4.79 Å². The number of halogens is 1. The molecule has 1 saturated heterocycles. The third-order valence-corrected chi connectivity index (χ3v) is 3.65. The van der Waals surface area contributed by atoms with Gasteiger partial charge in [-0.1, -0.05) is 12.8 Å². The number of Topliss-reactive ketones (excluding diaryl/α,β-unsaturated/α-hetero) is 1. The lowest BCUT2D eigenvalue weighted by Gasteiger charge is -2.28. The molecule has 1 aromatic rings. The summed E-state index contributed by atoms with van der Waals surface area (Å²) < 4.78 is 5.18. The average molecular weight is 284 g/mol. The first-order chi connectivity index (χ1) is 9.08. The molecule has 1 amide bonds. The molecule has 1 aliphatic rings. The highest BCUT2D eigenvalue weighted by Gasteiger charge is 2.28. The van der Waals surface area contributed by atoms with E-state index >= 15 is 0 Å². The van der Waals surface area contributed by atoms with Crippen LogP contribution in [0.1, 0.15) is 49.6 Å². The van der Waals surface area contributed by atoms with E-state index in [-0.39, 0.29) is 28.7 Å². The number of amides is 1. The number of rotatable bonds is 3. The highest BCUT2D eigenvalue weighted by molar-refractivity contribution is 6.29. The van der Waals surface area contributed by atoms with Crippen LogP contribution in [0.15, 0.2) is 16.5 Å². The number of nitrogens with zero attached hydrogens (tertiary/aromatic N) is 1. The number of hydrogen-bond acceptors (Lipinski definition) is 3. The van der Waals surface area contributed by atoms with Gasteiger partial charge in [-0.25, -0.2) is 0 Å². The first-order valence-corrected chi connectivity index (χ1v) is 7.01. The summed E-state index contributed by atoms with van der Waals surface area (Å²) in [5.74, 6) is 0.197. The maximum atomic E-state index is 12.4. The Hall–Kier alpha value is -1.29. The van der Waals surface area contributed by atoms with Crippen LogP contribution < -0.4 is 0 Å². The predicted octanol–water partition coefficient (Wildman–Crippen LogP) is 3.30. The minimum absolute atomic E-state index is 0.0172. The van der Waals surface area contributed by atoms with Gasteiger partial charge < -0.3 is 9.32 Å². The first-order valence-electron chi connectivity index (χ1n) is 6.63. The molecular formula is C14H18ClNO3. The highest BCUT2D eigenvalue weighted by Crippen LogP contribution is 2.23. The van der Waals surface area contributed by atoms with Crippen molar-refractivity contribution in [3.8, 4) is 0 Å². The molecule has 4 nitrogen and oxygen atoms in total. The molecule has 104 valence electrons. The van der Waals surface area contributed by atoms with E-state index in [0.717, 1.165) is 25.7 Å². The molecule has 0 saturated carbocycles. The summed E-state index contributed by atoms with van der Waals surface area (Å²) >= 11 is 5.70. The van der Waals surface area contributed by atoms with E-state index < -0.39 is 0 Å². The molecule has 1 unspecified atom stereocenters. The molecule has 0 N–H and O–H groups in total. The Morgan fingerprint density at radius 3 is 2.79 bits per heavy atom. The molecule has 1 aromatic heterocycles. The second kappa shape index (κ2) is 6.24. The van der Waals surface area contributed by atoms with Crippen molar-refractivity contribution in [3.63, 3.8) is 0 Å². The largest absolute Gasteiger partial charge is 0.440 e. The minimum atomic E-state index is -0.167. The number of likely N-dealkylation sites (tertiary alicyclic amines) is 1. The summed E-state index contributed by atoms with van der Waals surface area (Å²) in [6, 6.07) is 3.13. The Morgan fingerprint density at radius 2 is 2.16 bits per heavy atom. The zero-order valence-corrected chi connectivity index (χ0v) is 11.8. The SMILES string of the molecule is CC(=O)CC1CCCCCN1C(=O)c1ccc(Cl)o1. The van der Waals surface area contributed by atoms with Crippen molar-refractivity contribution in [3.05, 3.63) is 23.1 Å². The van der Waals surface area contributed by atoms with Gasteiger partial charge in [-0.05, 0) is 43.5 Å². The molecule has 1 aliphatic heterocycles. The standard InChI is InChI=1S/C14H18ClNO3/c1-10(17)9-11-5-3-2-4-8-16(11)14(18)12-6-7-13(15)19-12/h6-7,11H,2-5,8-9H2,1H3. The molecule has 0 bridgehead atoms. The van der Waals surface area contributed by atoms with Gasteiger partial charge in [0.05, 0.1) is 0 Å². The van der Waals surface area contributed by atoms with E-state index in [1.54, 1.807) is 24.0 Å². The highest BCUT2D eigenvalue weighted by atomic mass is 35.5. The first kappa shape index (κ1) is 14.1. The van der Waals surface area contributed by atoms with Crippen LogP contribution in [0.5, 0.6) is 0 Å². The fraction of sp³-hybridized carbons (Fsp3) is 0.571. The molecule has 0 radical (unpaired) electrons. The van der Waals surface area contributed by atoms with Gasteiger partial charge in [-0.2, -0.15) is 0 Å². The van der Waals surface area contributed by atoms with Gasteiger partial charge >= 0.3 is 0 Å². The van der Waals surface area contributed by atoms with Crippen molar-refractivity contribution in [1.82, 2.24) is 4.90 Å². The van der Waals surface area contributed by atoms with Crippen molar-refractivity contribution in [2.24, 2.45) is 0 Å². The Bertz CT molecular complexity index is 469.